The van der Waals surface area contributed by atoms with Crippen LogP contribution in [0.25, 0.3) is 0 Å². The van der Waals surface area contributed by atoms with Crippen LogP contribution in [-0.4, -0.2) is 40.3 Å². The Balaban J connectivity index is 1.67. The summed E-state index contributed by atoms with van der Waals surface area (Å²) in [4.78, 5) is 30.8. The lowest BCUT2D eigenvalue weighted by Gasteiger charge is -2.41. The van der Waals surface area contributed by atoms with Crippen molar-refractivity contribution in [1.29, 1.82) is 0 Å². The second-order valence-electron chi connectivity index (χ2n) is 6.58. The summed E-state index contributed by atoms with van der Waals surface area (Å²) in [6, 6.07) is 7.68. The molecule has 0 saturated carbocycles. The fourth-order valence-electron chi connectivity index (χ4n) is 2.92. The molecule has 0 atom stereocenters. The number of halogens is 1. The van der Waals surface area contributed by atoms with Gasteiger partial charge in [0.15, 0.2) is 0 Å². The lowest BCUT2D eigenvalue weighted by molar-refractivity contribution is -0.148. The zero-order valence-electron chi connectivity index (χ0n) is 14.2. The number of piperazine rings is 1. The van der Waals surface area contributed by atoms with Crippen LogP contribution in [0.1, 0.15) is 30.1 Å². The van der Waals surface area contributed by atoms with Gasteiger partial charge in [0.25, 0.3) is 0 Å². The monoisotopic (exact) mass is 377 g/mol. The third kappa shape index (κ3) is 4.02. The highest BCUT2D eigenvalue weighted by atomic mass is 35.5. The molecule has 1 saturated heterocycles. The minimum Gasteiger partial charge on any atom is -0.352 e. The molecule has 2 aromatic rings. The largest absolute Gasteiger partial charge is 0.352 e. The Kier molecular flexibility index (Phi) is 5.11. The maximum absolute atomic E-state index is 12.6. The second kappa shape index (κ2) is 7.14. The van der Waals surface area contributed by atoms with Gasteiger partial charge in [-0.2, -0.15) is 0 Å². The highest BCUT2D eigenvalue weighted by molar-refractivity contribution is 7.09. The van der Waals surface area contributed by atoms with E-state index in [1.54, 1.807) is 18.7 Å². The molecule has 1 N–H and O–H groups in total. The molecule has 0 bridgehead atoms. The Hall–Kier alpha value is -1.92. The van der Waals surface area contributed by atoms with Gasteiger partial charge in [-0.05, 0) is 31.5 Å². The molecule has 1 aromatic heterocycles. The second-order valence-corrected chi connectivity index (χ2v) is 7.96. The quantitative estimate of drug-likeness (QED) is 0.891. The van der Waals surface area contributed by atoms with Crippen LogP contribution < -0.4 is 5.32 Å². The average Bonchev–Trinajstić information content (AvgIpc) is 2.96. The molecule has 1 fully saturated rings. The molecule has 5 nitrogen and oxygen atoms in total. The van der Waals surface area contributed by atoms with Crippen molar-refractivity contribution in [2.45, 2.75) is 32.2 Å². The van der Waals surface area contributed by atoms with Crippen LogP contribution in [0.2, 0.25) is 5.02 Å². The Morgan fingerprint density at radius 3 is 3.00 bits per heavy atom. The molecule has 0 spiro atoms. The first-order chi connectivity index (χ1) is 11.9. The number of aromatic nitrogens is 1. The van der Waals surface area contributed by atoms with Crippen LogP contribution in [-0.2, 0) is 22.4 Å². The first kappa shape index (κ1) is 17.9. The molecule has 7 heteroatoms. The van der Waals surface area contributed by atoms with Crippen molar-refractivity contribution in [1.82, 2.24) is 15.2 Å². The van der Waals surface area contributed by atoms with Gasteiger partial charge in [-0.1, -0.05) is 23.7 Å². The van der Waals surface area contributed by atoms with Crippen molar-refractivity contribution < 1.29 is 9.59 Å². The van der Waals surface area contributed by atoms with Crippen molar-refractivity contribution in [2.24, 2.45) is 0 Å². The van der Waals surface area contributed by atoms with Gasteiger partial charge >= 0.3 is 0 Å². The van der Waals surface area contributed by atoms with Crippen molar-refractivity contribution in [2.75, 3.05) is 13.1 Å². The highest BCUT2D eigenvalue weighted by Crippen LogP contribution is 2.21. The number of nitrogens with zero attached hydrogens (tertiary/aromatic N) is 2. The fraction of sp³-hybridized carbons (Fsp3) is 0.389. The molecule has 0 radical (unpaired) electrons. The molecule has 132 valence electrons. The number of amides is 2. The van der Waals surface area contributed by atoms with Crippen LogP contribution in [0.15, 0.2) is 29.6 Å². The minimum atomic E-state index is -0.824. The van der Waals surface area contributed by atoms with Gasteiger partial charge < -0.3 is 10.2 Å². The Morgan fingerprint density at radius 1 is 1.44 bits per heavy atom. The predicted octanol–water partition coefficient (Wildman–Crippen LogP) is 2.67. The molecule has 2 amide bonds. The molecule has 0 unspecified atom stereocenters. The summed E-state index contributed by atoms with van der Waals surface area (Å²) in [6.45, 7) is 4.55. The van der Waals surface area contributed by atoms with Gasteiger partial charge in [-0.25, -0.2) is 4.98 Å². The maximum atomic E-state index is 12.6. The van der Waals surface area contributed by atoms with E-state index in [-0.39, 0.29) is 18.2 Å². The van der Waals surface area contributed by atoms with E-state index >= 15 is 0 Å². The molecule has 2 heterocycles. The van der Waals surface area contributed by atoms with Crippen molar-refractivity contribution in [3.63, 3.8) is 0 Å². The van der Waals surface area contributed by atoms with Crippen LogP contribution in [0.3, 0.4) is 0 Å². The number of thiazole rings is 1. The molecule has 3 rings (SSSR count). The van der Waals surface area contributed by atoms with E-state index in [1.807, 2.05) is 29.6 Å². The summed E-state index contributed by atoms with van der Waals surface area (Å²) >= 11 is 7.54. The molecule has 1 aliphatic rings. The standard InChI is InChI=1S/C18H20ClN3O2S/c1-18(2)17(24)20-6-7-22(18)16(23)10-14-11-25-15(21-14)9-12-4-3-5-13(19)8-12/h3-5,8,11H,6-7,9-10H2,1-2H3,(H,20,24). The molecule has 0 aliphatic carbocycles. The normalized spacial score (nSPS) is 16.6. The molecule has 1 aromatic carbocycles. The van der Waals surface area contributed by atoms with Crippen LogP contribution in [0.4, 0.5) is 0 Å². The summed E-state index contributed by atoms with van der Waals surface area (Å²) in [5.74, 6) is -0.188. The summed E-state index contributed by atoms with van der Waals surface area (Å²) in [6.07, 6.45) is 0.903. The third-order valence-corrected chi connectivity index (χ3v) is 5.46. The smallest absolute Gasteiger partial charge is 0.245 e. The van der Waals surface area contributed by atoms with E-state index < -0.39 is 5.54 Å². The van der Waals surface area contributed by atoms with Crippen molar-refractivity contribution in [3.05, 3.63) is 50.9 Å². The summed E-state index contributed by atoms with van der Waals surface area (Å²) in [7, 11) is 0. The molecular weight excluding hydrogens is 358 g/mol. The van der Waals surface area contributed by atoms with Crippen molar-refractivity contribution >= 4 is 34.8 Å². The zero-order valence-corrected chi connectivity index (χ0v) is 15.8. The van der Waals surface area contributed by atoms with Gasteiger partial charge in [-0.15, -0.1) is 11.3 Å². The van der Waals surface area contributed by atoms with Crippen LogP contribution in [0.5, 0.6) is 0 Å². The molecular formula is C18H20ClN3O2S. The van der Waals surface area contributed by atoms with E-state index in [0.717, 1.165) is 16.3 Å². The first-order valence-corrected chi connectivity index (χ1v) is 9.38. The van der Waals surface area contributed by atoms with E-state index in [2.05, 4.69) is 10.3 Å². The topological polar surface area (TPSA) is 62.3 Å². The maximum Gasteiger partial charge on any atom is 0.245 e. The number of nitrogens with one attached hydrogen (secondary N) is 1. The number of rotatable bonds is 4. The van der Waals surface area contributed by atoms with Gasteiger partial charge in [0.1, 0.15) is 5.54 Å². The zero-order chi connectivity index (χ0) is 18.0. The number of benzene rings is 1. The Morgan fingerprint density at radius 2 is 2.24 bits per heavy atom. The summed E-state index contributed by atoms with van der Waals surface area (Å²) in [5.41, 5.74) is 1.01. The van der Waals surface area contributed by atoms with E-state index in [9.17, 15) is 9.59 Å². The fourth-order valence-corrected chi connectivity index (χ4v) is 3.96. The Bertz CT molecular complexity index is 803. The van der Waals surface area contributed by atoms with E-state index in [4.69, 9.17) is 11.6 Å². The SMILES string of the molecule is CC1(C)C(=O)NCCN1C(=O)Cc1csc(Cc2cccc(Cl)c2)n1. The van der Waals surface area contributed by atoms with E-state index in [0.29, 0.717) is 24.5 Å². The average molecular weight is 378 g/mol. The van der Waals surface area contributed by atoms with Gasteiger partial charge in [0.2, 0.25) is 11.8 Å². The Labute approximate surface area is 156 Å². The van der Waals surface area contributed by atoms with Crippen LogP contribution in [0, 0.1) is 0 Å². The van der Waals surface area contributed by atoms with Gasteiger partial charge in [-0.3, -0.25) is 9.59 Å². The van der Waals surface area contributed by atoms with E-state index in [1.165, 1.54) is 11.3 Å². The van der Waals surface area contributed by atoms with Crippen molar-refractivity contribution in [3.8, 4) is 0 Å². The molecule has 1 aliphatic heterocycles. The lowest BCUT2D eigenvalue weighted by Crippen LogP contribution is -2.63. The first-order valence-electron chi connectivity index (χ1n) is 8.13. The van der Waals surface area contributed by atoms with Crippen LogP contribution >= 0.6 is 22.9 Å². The predicted molar refractivity (Wildman–Crippen MR) is 98.9 cm³/mol. The summed E-state index contributed by atoms with van der Waals surface area (Å²) in [5, 5.41) is 6.36. The number of carbonyl (C=O) groups excluding carboxylic acids is 2. The highest BCUT2D eigenvalue weighted by Gasteiger charge is 2.40. The third-order valence-electron chi connectivity index (χ3n) is 4.33. The van der Waals surface area contributed by atoms with Gasteiger partial charge in [0.05, 0.1) is 17.1 Å². The van der Waals surface area contributed by atoms with Gasteiger partial charge in [0, 0.05) is 29.9 Å². The number of hydrogen-bond donors (Lipinski definition) is 1. The number of carbonyl (C=O) groups is 2. The molecule has 25 heavy (non-hydrogen) atoms. The minimum absolute atomic E-state index is 0.0699. The number of hydrogen-bond acceptors (Lipinski definition) is 4. The lowest BCUT2D eigenvalue weighted by atomic mass is 9.98. The summed E-state index contributed by atoms with van der Waals surface area (Å²) < 4.78 is 0.